The SMILES string of the molecule is CC1CCCC(N(C)Cc2ccoc2CN)C1. The average molecular weight is 236 g/mol. The van der Waals surface area contributed by atoms with E-state index >= 15 is 0 Å². The van der Waals surface area contributed by atoms with E-state index in [1.165, 1.54) is 31.2 Å². The third kappa shape index (κ3) is 3.11. The van der Waals surface area contributed by atoms with Crippen LogP contribution in [0.5, 0.6) is 0 Å². The molecule has 0 amide bonds. The minimum atomic E-state index is 0.497. The van der Waals surface area contributed by atoms with Crippen LogP contribution in [0.3, 0.4) is 0 Å². The van der Waals surface area contributed by atoms with Crippen molar-refractivity contribution < 1.29 is 4.42 Å². The molecular weight excluding hydrogens is 212 g/mol. The van der Waals surface area contributed by atoms with E-state index in [9.17, 15) is 0 Å². The van der Waals surface area contributed by atoms with Gasteiger partial charge in [0.25, 0.3) is 0 Å². The molecule has 0 spiro atoms. The highest BCUT2D eigenvalue weighted by Gasteiger charge is 2.23. The maximum atomic E-state index is 5.66. The number of rotatable bonds is 4. The Labute approximate surface area is 104 Å². The Kier molecular flexibility index (Phi) is 4.24. The summed E-state index contributed by atoms with van der Waals surface area (Å²) < 4.78 is 5.37. The fraction of sp³-hybridized carbons (Fsp3) is 0.714. The lowest BCUT2D eigenvalue weighted by molar-refractivity contribution is 0.157. The Balaban J connectivity index is 1.94. The fourth-order valence-corrected chi connectivity index (χ4v) is 2.89. The van der Waals surface area contributed by atoms with Crippen molar-refractivity contribution in [2.75, 3.05) is 7.05 Å². The molecule has 0 radical (unpaired) electrons. The summed E-state index contributed by atoms with van der Waals surface area (Å²) in [4.78, 5) is 2.46. The van der Waals surface area contributed by atoms with Crippen molar-refractivity contribution in [1.29, 1.82) is 0 Å². The predicted molar refractivity (Wildman–Crippen MR) is 69.5 cm³/mol. The first-order valence-electron chi connectivity index (χ1n) is 6.66. The van der Waals surface area contributed by atoms with E-state index in [0.29, 0.717) is 6.54 Å². The van der Waals surface area contributed by atoms with Crippen LogP contribution in [-0.2, 0) is 13.1 Å². The second-order valence-corrected chi connectivity index (χ2v) is 5.41. The van der Waals surface area contributed by atoms with Crippen LogP contribution in [0.2, 0.25) is 0 Å². The average Bonchev–Trinajstić information content (AvgIpc) is 2.76. The maximum absolute atomic E-state index is 5.66. The molecule has 0 bridgehead atoms. The first-order chi connectivity index (χ1) is 8.20. The fourth-order valence-electron chi connectivity index (χ4n) is 2.89. The summed E-state index contributed by atoms with van der Waals surface area (Å²) in [5.41, 5.74) is 6.90. The first-order valence-corrected chi connectivity index (χ1v) is 6.66. The van der Waals surface area contributed by atoms with E-state index in [4.69, 9.17) is 10.2 Å². The van der Waals surface area contributed by atoms with Crippen LogP contribution < -0.4 is 5.73 Å². The van der Waals surface area contributed by atoms with Gasteiger partial charge >= 0.3 is 0 Å². The van der Waals surface area contributed by atoms with Crippen LogP contribution >= 0.6 is 0 Å². The van der Waals surface area contributed by atoms with E-state index in [1.54, 1.807) is 6.26 Å². The molecule has 0 aliphatic heterocycles. The normalized spacial score (nSPS) is 25.4. The van der Waals surface area contributed by atoms with E-state index in [1.807, 2.05) is 6.07 Å². The van der Waals surface area contributed by atoms with E-state index in [2.05, 4.69) is 18.9 Å². The van der Waals surface area contributed by atoms with Gasteiger partial charge in [-0.3, -0.25) is 4.90 Å². The Morgan fingerprint density at radius 2 is 2.29 bits per heavy atom. The van der Waals surface area contributed by atoms with Crippen molar-refractivity contribution in [2.24, 2.45) is 11.7 Å². The van der Waals surface area contributed by atoms with Gasteiger partial charge in [-0.15, -0.1) is 0 Å². The molecule has 1 aliphatic rings. The summed E-state index contributed by atoms with van der Waals surface area (Å²) in [7, 11) is 2.22. The van der Waals surface area contributed by atoms with Crippen molar-refractivity contribution in [2.45, 2.75) is 51.7 Å². The number of furan rings is 1. The summed E-state index contributed by atoms with van der Waals surface area (Å²) >= 11 is 0. The third-order valence-corrected chi connectivity index (χ3v) is 3.97. The Morgan fingerprint density at radius 1 is 1.47 bits per heavy atom. The Morgan fingerprint density at radius 3 is 3.00 bits per heavy atom. The lowest BCUT2D eigenvalue weighted by Crippen LogP contribution is -2.35. The standard InChI is InChI=1S/C14H24N2O/c1-11-4-3-5-13(8-11)16(2)10-12-6-7-17-14(12)9-15/h6-7,11,13H,3-5,8-10,15H2,1-2H3. The molecule has 1 aromatic rings. The molecule has 1 aliphatic carbocycles. The smallest absolute Gasteiger partial charge is 0.121 e. The van der Waals surface area contributed by atoms with Crippen LogP contribution in [0.25, 0.3) is 0 Å². The van der Waals surface area contributed by atoms with Gasteiger partial charge in [-0.25, -0.2) is 0 Å². The van der Waals surface area contributed by atoms with E-state index in [0.717, 1.165) is 24.3 Å². The van der Waals surface area contributed by atoms with E-state index in [-0.39, 0.29) is 0 Å². The quantitative estimate of drug-likeness (QED) is 0.874. The molecule has 0 saturated heterocycles. The molecule has 2 rings (SSSR count). The molecular formula is C14H24N2O. The van der Waals surface area contributed by atoms with Gasteiger partial charge in [0.2, 0.25) is 0 Å². The van der Waals surface area contributed by atoms with Crippen molar-refractivity contribution in [3.63, 3.8) is 0 Å². The predicted octanol–water partition coefficient (Wildman–Crippen LogP) is 2.75. The largest absolute Gasteiger partial charge is 0.468 e. The number of hydrogen-bond acceptors (Lipinski definition) is 3. The topological polar surface area (TPSA) is 42.4 Å². The van der Waals surface area contributed by atoms with Gasteiger partial charge < -0.3 is 10.2 Å². The van der Waals surface area contributed by atoms with Gasteiger partial charge in [0.1, 0.15) is 5.76 Å². The molecule has 96 valence electrons. The Hall–Kier alpha value is -0.800. The van der Waals surface area contributed by atoms with Gasteiger partial charge in [-0.05, 0) is 31.9 Å². The van der Waals surface area contributed by atoms with Crippen LogP contribution in [0.4, 0.5) is 0 Å². The summed E-state index contributed by atoms with van der Waals surface area (Å²) in [5.74, 6) is 1.80. The summed E-state index contributed by atoms with van der Waals surface area (Å²) in [6.45, 7) is 3.82. The molecule has 2 N–H and O–H groups in total. The zero-order valence-electron chi connectivity index (χ0n) is 11.0. The van der Waals surface area contributed by atoms with Crippen LogP contribution in [-0.4, -0.2) is 18.0 Å². The highest BCUT2D eigenvalue weighted by molar-refractivity contribution is 5.16. The number of nitrogens with two attached hydrogens (primary N) is 1. The third-order valence-electron chi connectivity index (χ3n) is 3.97. The number of hydrogen-bond donors (Lipinski definition) is 1. The van der Waals surface area contributed by atoms with Crippen molar-refractivity contribution in [3.05, 3.63) is 23.7 Å². The van der Waals surface area contributed by atoms with Crippen LogP contribution in [0, 0.1) is 5.92 Å². The van der Waals surface area contributed by atoms with Crippen molar-refractivity contribution >= 4 is 0 Å². The van der Waals surface area contributed by atoms with Crippen LogP contribution in [0.15, 0.2) is 16.7 Å². The molecule has 3 heteroatoms. The second kappa shape index (κ2) is 5.69. The van der Waals surface area contributed by atoms with Gasteiger partial charge in [-0.2, -0.15) is 0 Å². The monoisotopic (exact) mass is 236 g/mol. The summed E-state index contributed by atoms with van der Waals surface area (Å²) in [6.07, 6.45) is 7.16. The van der Waals surface area contributed by atoms with Gasteiger partial charge in [-0.1, -0.05) is 19.8 Å². The zero-order chi connectivity index (χ0) is 12.3. The summed E-state index contributed by atoms with van der Waals surface area (Å²) in [6, 6.07) is 2.77. The van der Waals surface area contributed by atoms with Gasteiger partial charge in [0.15, 0.2) is 0 Å². The molecule has 1 saturated carbocycles. The molecule has 1 aromatic heterocycles. The molecule has 1 heterocycles. The molecule has 2 atom stereocenters. The Bertz CT molecular complexity index is 348. The molecule has 2 unspecified atom stereocenters. The van der Waals surface area contributed by atoms with Crippen molar-refractivity contribution in [1.82, 2.24) is 4.90 Å². The minimum absolute atomic E-state index is 0.497. The lowest BCUT2D eigenvalue weighted by atomic mass is 9.86. The van der Waals surface area contributed by atoms with Crippen LogP contribution in [0.1, 0.15) is 43.9 Å². The van der Waals surface area contributed by atoms with Gasteiger partial charge in [0, 0.05) is 18.2 Å². The molecule has 3 nitrogen and oxygen atoms in total. The molecule has 0 aromatic carbocycles. The zero-order valence-corrected chi connectivity index (χ0v) is 11.0. The van der Waals surface area contributed by atoms with E-state index < -0.39 is 0 Å². The lowest BCUT2D eigenvalue weighted by Gasteiger charge is -2.34. The number of nitrogens with zero attached hydrogens (tertiary/aromatic N) is 1. The van der Waals surface area contributed by atoms with Crippen molar-refractivity contribution in [3.8, 4) is 0 Å². The molecule has 17 heavy (non-hydrogen) atoms. The molecule has 1 fully saturated rings. The second-order valence-electron chi connectivity index (χ2n) is 5.41. The maximum Gasteiger partial charge on any atom is 0.121 e. The minimum Gasteiger partial charge on any atom is -0.468 e. The van der Waals surface area contributed by atoms with Gasteiger partial charge in [0.05, 0.1) is 12.8 Å². The highest BCUT2D eigenvalue weighted by Crippen LogP contribution is 2.27. The first kappa shape index (κ1) is 12.7. The summed E-state index contributed by atoms with van der Waals surface area (Å²) in [5, 5.41) is 0. The highest BCUT2D eigenvalue weighted by atomic mass is 16.3.